The van der Waals surface area contributed by atoms with Crippen LogP contribution in [0.5, 0.6) is 0 Å². The number of hydrogen-bond acceptors (Lipinski definition) is 2. The van der Waals surface area contributed by atoms with E-state index in [-0.39, 0.29) is 23.5 Å². The number of halogens is 3. The Morgan fingerprint density at radius 3 is 1.97 bits per heavy atom. The van der Waals surface area contributed by atoms with Crippen molar-refractivity contribution in [3.05, 3.63) is 70.0 Å². The third-order valence-corrected chi connectivity index (χ3v) is 6.98. The predicted molar refractivity (Wildman–Crippen MR) is 114 cm³/mol. The smallest absolute Gasteiger partial charge is 0.338 e. The number of hydrogen-bond donors (Lipinski definition) is 0. The highest BCUT2D eigenvalue weighted by molar-refractivity contribution is 5.89. The lowest BCUT2D eigenvalue weighted by atomic mass is 9.80. The van der Waals surface area contributed by atoms with Gasteiger partial charge < -0.3 is 4.74 Å². The Kier molecular flexibility index (Phi) is 6.68. The molecule has 0 amide bonds. The van der Waals surface area contributed by atoms with E-state index in [1.165, 1.54) is 12.5 Å². The molecule has 2 aliphatic carbocycles. The predicted octanol–water partition coefficient (Wildman–Crippen LogP) is 7.34. The highest BCUT2D eigenvalue weighted by Gasteiger charge is 2.29. The Balaban J connectivity index is 1.37. The van der Waals surface area contributed by atoms with Crippen LogP contribution in [0.25, 0.3) is 0 Å². The quantitative estimate of drug-likeness (QED) is 0.474. The van der Waals surface area contributed by atoms with Crippen LogP contribution in [0.2, 0.25) is 0 Å². The summed E-state index contributed by atoms with van der Waals surface area (Å²) >= 11 is 0. The number of carbonyl (C=O) groups is 1. The van der Waals surface area contributed by atoms with Crippen LogP contribution < -0.4 is 0 Å². The third kappa shape index (κ3) is 4.81. The summed E-state index contributed by atoms with van der Waals surface area (Å²) in [5.41, 5.74) is 1.62. The van der Waals surface area contributed by atoms with Crippen LogP contribution in [0.15, 0.2) is 30.3 Å². The zero-order valence-electron chi connectivity index (χ0n) is 17.9. The van der Waals surface area contributed by atoms with Crippen LogP contribution in [0.4, 0.5) is 13.2 Å². The number of esters is 1. The minimum absolute atomic E-state index is 0.0818. The lowest BCUT2D eigenvalue weighted by molar-refractivity contribution is 0.0193. The zero-order valence-corrected chi connectivity index (χ0v) is 17.9. The van der Waals surface area contributed by atoms with Crippen molar-refractivity contribution in [1.82, 2.24) is 0 Å². The Labute approximate surface area is 181 Å². The molecule has 2 fully saturated rings. The maximum Gasteiger partial charge on any atom is 0.338 e. The highest BCUT2D eigenvalue weighted by atomic mass is 19.2. The van der Waals surface area contributed by atoms with Gasteiger partial charge in [-0.3, -0.25) is 0 Å². The Morgan fingerprint density at radius 2 is 1.39 bits per heavy atom. The topological polar surface area (TPSA) is 26.3 Å². The second kappa shape index (κ2) is 9.46. The lowest BCUT2D eigenvalue weighted by Crippen LogP contribution is -2.24. The molecule has 166 valence electrons. The van der Waals surface area contributed by atoms with Gasteiger partial charge in [-0.2, -0.15) is 0 Å². The van der Waals surface area contributed by atoms with Crippen LogP contribution in [0.3, 0.4) is 0 Å². The van der Waals surface area contributed by atoms with Gasteiger partial charge in [0.15, 0.2) is 11.6 Å². The summed E-state index contributed by atoms with van der Waals surface area (Å²) in [7, 11) is 0. The van der Waals surface area contributed by atoms with Crippen molar-refractivity contribution in [2.24, 2.45) is 0 Å². The molecular formula is C26H29F3O2. The Hall–Kier alpha value is -2.30. The first kappa shape index (κ1) is 21.9. The largest absolute Gasteiger partial charge is 0.459 e. The summed E-state index contributed by atoms with van der Waals surface area (Å²) in [6.07, 6.45) is 7.30. The van der Waals surface area contributed by atoms with E-state index in [0.717, 1.165) is 25.7 Å². The molecule has 0 spiro atoms. The van der Waals surface area contributed by atoms with E-state index in [1.54, 1.807) is 31.2 Å². The maximum absolute atomic E-state index is 14.9. The number of carbonyl (C=O) groups excluding carboxylic acids is 1. The first-order chi connectivity index (χ1) is 14.9. The van der Waals surface area contributed by atoms with E-state index in [1.807, 2.05) is 0 Å². The van der Waals surface area contributed by atoms with Crippen molar-refractivity contribution >= 4 is 5.97 Å². The molecule has 4 rings (SSSR count). The van der Waals surface area contributed by atoms with Gasteiger partial charge in [-0.15, -0.1) is 0 Å². The fourth-order valence-corrected chi connectivity index (χ4v) is 5.05. The molecular weight excluding hydrogens is 401 g/mol. The molecule has 31 heavy (non-hydrogen) atoms. The van der Waals surface area contributed by atoms with E-state index in [0.29, 0.717) is 42.4 Å². The summed E-state index contributed by atoms with van der Waals surface area (Å²) in [6, 6.07) is 7.83. The van der Waals surface area contributed by atoms with Gasteiger partial charge in [-0.25, -0.2) is 18.0 Å². The third-order valence-electron chi connectivity index (χ3n) is 6.98. The average molecular weight is 431 g/mol. The van der Waals surface area contributed by atoms with Crippen molar-refractivity contribution in [3.8, 4) is 0 Å². The second-order valence-corrected chi connectivity index (χ2v) is 9.05. The standard InChI is InChI=1S/C26H29F3O2/c1-16-7-8-19(15-23(16)27)26(30)31-20-11-9-18(10-12-20)22-14-13-21(24(28)25(22)29)17-5-3-2-4-6-17/h7-8,13-15,17-18,20H,2-6,9-12H2,1H3. The van der Waals surface area contributed by atoms with Gasteiger partial charge >= 0.3 is 5.97 Å². The molecule has 2 aromatic carbocycles. The average Bonchev–Trinajstić information content (AvgIpc) is 2.78. The number of benzene rings is 2. The first-order valence-corrected chi connectivity index (χ1v) is 11.4. The van der Waals surface area contributed by atoms with Crippen LogP contribution >= 0.6 is 0 Å². The molecule has 0 radical (unpaired) electrons. The van der Waals surface area contributed by atoms with E-state index >= 15 is 0 Å². The minimum atomic E-state index is -0.710. The number of ether oxygens (including phenoxy) is 1. The van der Waals surface area contributed by atoms with Gasteiger partial charge in [0, 0.05) is 0 Å². The van der Waals surface area contributed by atoms with Crippen molar-refractivity contribution in [1.29, 1.82) is 0 Å². The fourth-order valence-electron chi connectivity index (χ4n) is 5.05. The van der Waals surface area contributed by atoms with Gasteiger partial charge in [-0.05, 0) is 86.1 Å². The number of aryl methyl sites for hydroxylation is 1. The summed E-state index contributed by atoms with van der Waals surface area (Å²) in [5, 5.41) is 0. The normalized spacial score (nSPS) is 22.3. The van der Waals surface area contributed by atoms with Crippen molar-refractivity contribution < 1.29 is 22.7 Å². The fraction of sp³-hybridized carbons (Fsp3) is 0.500. The van der Waals surface area contributed by atoms with E-state index in [4.69, 9.17) is 4.74 Å². The molecule has 0 aromatic heterocycles. The molecule has 2 aromatic rings. The molecule has 2 nitrogen and oxygen atoms in total. The second-order valence-electron chi connectivity index (χ2n) is 9.05. The van der Waals surface area contributed by atoms with Crippen LogP contribution in [-0.4, -0.2) is 12.1 Å². The zero-order chi connectivity index (χ0) is 22.0. The van der Waals surface area contributed by atoms with Gasteiger partial charge in [-0.1, -0.05) is 37.5 Å². The highest BCUT2D eigenvalue weighted by Crippen LogP contribution is 2.39. The summed E-state index contributed by atoms with van der Waals surface area (Å²) < 4.78 is 49.0. The first-order valence-electron chi connectivity index (χ1n) is 11.4. The molecule has 0 N–H and O–H groups in total. The molecule has 0 atom stereocenters. The Bertz CT molecular complexity index is 942. The monoisotopic (exact) mass is 430 g/mol. The Morgan fingerprint density at radius 1 is 0.806 bits per heavy atom. The maximum atomic E-state index is 14.9. The lowest BCUT2D eigenvalue weighted by Gasteiger charge is -2.29. The van der Waals surface area contributed by atoms with Gasteiger partial charge in [0.1, 0.15) is 11.9 Å². The van der Waals surface area contributed by atoms with Crippen LogP contribution in [-0.2, 0) is 4.74 Å². The van der Waals surface area contributed by atoms with E-state index in [9.17, 15) is 18.0 Å². The minimum Gasteiger partial charge on any atom is -0.459 e. The summed E-state index contributed by atoms with van der Waals surface area (Å²) in [6.45, 7) is 1.63. The van der Waals surface area contributed by atoms with Gasteiger partial charge in [0.2, 0.25) is 0 Å². The number of rotatable bonds is 4. The van der Waals surface area contributed by atoms with Crippen LogP contribution in [0.1, 0.15) is 96.7 Å². The molecule has 0 heterocycles. The van der Waals surface area contributed by atoms with Crippen molar-refractivity contribution in [2.45, 2.75) is 82.7 Å². The molecule has 2 saturated carbocycles. The van der Waals surface area contributed by atoms with Gasteiger partial charge in [0.05, 0.1) is 5.56 Å². The van der Waals surface area contributed by atoms with Crippen LogP contribution in [0, 0.1) is 24.4 Å². The van der Waals surface area contributed by atoms with Crippen molar-refractivity contribution in [2.75, 3.05) is 0 Å². The molecule has 2 aliphatic rings. The molecule has 5 heteroatoms. The summed E-state index contributed by atoms with van der Waals surface area (Å²) in [5.74, 6) is -2.33. The van der Waals surface area contributed by atoms with E-state index in [2.05, 4.69) is 0 Å². The molecule has 0 unspecified atom stereocenters. The molecule has 0 bridgehead atoms. The molecule has 0 saturated heterocycles. The SMILES string of the molecule is Cc1ccc(C(=O)OC2CCC(c3ccc(C4CCCCC4)c(F)c3F)CC2)cc1F. The molecule has 0 aliphatic heterocycles. The summed E-state index contributed by atoms with van der Waals surface area (Å²) in [4.78, 5) is 12.3. The van der Waals surface area contributed by atoms with Crippen molar-refractivity contribution in [3.63, 3.8) is 0 Å². The van der Waals surface area contributed by atoms with E-state index < -0.39 is 23.4 Å². The van der Waals surface area contributed by atoms with Gasteiger partial charge in [0.25, 0.3) is 0 Å².